The predicted octanol–water partition coefficient (Wildman–Crippen LogP) is 3.86. The van der Waals surface area contributed by atoms with Crippen LogP contribution in [0, 0.1) is 6.92 Å². The monoisotopic (exact) mass is 408 g/mol. The molecule has 6 nitrogen and oxygen atoms in total. The number of aromatic nitrogens is 2. The van der Waals surface area contributed by atoms with Crippen LogP contribution in [0.5, 0.6) is 5.75 Å². The van der Waals surface area contributed by atoms with Crippen LogP contribution in [-0.2, 0) is 17.8 Å². The number of nitrogens with zero attached hydrogens (tertiary/aromatic N) is 4. The Bertz CT molecular complexity index is 895. The molecule has 160 valence electrons. The van der Waals surface area contributed by atoms with Crippen molar-refractivity contribution >= 4 is 11.7 Å². The van der Waals surface area contributed by atoms with Crippen LogP contribution >= 0.6 is 0 Å². The lowest BCUT2D eigenvalue weighted by Crippen LogP contribution is -2.38. The Morgan fingerprint density at radius 1 is 1.17 bits per heavy atom. The van der Waals surface area contributed by atoms with Gasteiger partial charge in [0, 0.05) is 30.1 Å². The van der Waals surface area contributed by atoms with Crippen molar-refractivity contribution in [3.8, 4) is 5.75 Å². The van der Waals surface area contributed by atoms with Gasteiger partial charge in [-0.1, -0.05) is 19.1 Å². The Kier molecular flexibility index (Phi) is 6.32. The maximum Gasteiger partial charge on any atom is 0.228 e. The zero-order valence-corrected chi connectivity index (χ0v) is 18.4. The van der Waals surface area contributed by atoms with Crippen LogP contribution < -0.4 is 9.64 Å². The molecule has 6 heteroatoms. The maximum atomic E-state index is 12.9. The smallest absolute Gasteiger partial charge is 0.228 e. The number of hydrogen-bond acceptors (Lipinski definition) is 5. The molecular formula is C24H32N4O2. The lowest BCUT2D eigenvalue weighted by Gasteiger charge is -2.34. The first-order chi connectivity index (χ1) is 14.6. The molecule has 0 saturated carbocycles. The summed E-state index contributed by atoms with van der Waals surface area (Å²) in [5, 5.41) is 0. The van der Waals surface area contributed by atoms with E-state index in [2.05, 4.69) is 18.7 Å². The summed E-state index contributed by atoms with van der Waals surface area (Å²) >= 11 is 0. The van der Waals surface area contributed by atoms with Crippen LogP contribution in [0.2, 0.25) is 0 Å². The minimum atomic E-state index is 0.138. The average Bonchev–Trinajstić information content (AvgIpc) is 2.76. The molecule has 1 saturated heterocycles. The second-order valence-electron chi connectivity index (χ2n) is 8.44. The van der Waals surface area contributed by atoms with Crippen molar-refractivity contribution in [1.82, 2.24) is 14.9 Å². The summed E-state index contributed by atoms with van der Waals surface area (Å²) in [7, 11) is 1.66. The third-order valence-electron chi connectivity index (χ3n) is 6.27. The van der Waals surface area contributed by atoms with Gasteiger partial charge in [0.2, 0.25) is 5.91 Å². The van der Waals surface area contributed by atoms with Gasteiger partial charge < -0.3 is 9.64 Å². The molecule has 1 amide bonds. The van der Waals surface area contributed by atoms with Crippen LogP contribution in [-0.4, -0.2) is 47.5 Å². The molecule has 2 aliphatic rings. The van der Waals surface area contributed by atoms with Gasteiger partial charge in [0.05, 0.1) is 13.7 Å². The fourth-order valence-electron chi connectivity index (χ4n) is 4.65. The van der Waals surface area contributed by atoms with E-state index < -0.39 is 0 Å². The highest BCUT2D eigenvalue weighted by Gasteiger charge is 2.30. The number of ether oxygens (including phenoxy) is 1. The molecule has 1 atom stereocenters. The van der Waals surface area contributed by atoms with E-state index in [1.54, 1.807) is 7.11 Å². The van der Waals surface area contributed by atoms with Gasteiger partial charge in [0.15, 0.2) is 0 Å². The Hall–Kier alpha value is -2.47. The summed E-state index contributed by atoms with van der Waals surface area (Å²) < 4.78 is 5.26. The highest BCUT2D eigenvalue weighted by atomic mass is 16.5. The zero-order valence-electron chi connectivity index (χ0n) is 18.4. The molecule has 0 spiro atoms. The third-order valence-corrected chi connectivity index (χ3v) is 6.27. The number of carbonyl (C=O) groups is 1. The molecular weight excluding hydrogens is 376 g/mol. The second kappa shape index (κ2) is 9.13. The Balaban J connectivity index is 1.63. The number of rotatable bonds is 6. The number of aryl methyl sites for hydroxylation is 1. The molecule has 0 aliphatic carbocycles. The van der Waals surface area contributed by atoms with Gasteiger partial charge in [-0.05, 0) is 63.4 Å². The molecule has 1 aromatic carbocycles. The summed E-state index contributed by atoms with van der Waals surface area (Å²) in [5.74, 6) is 3.02. The largest absolute Gasteiger partial charge is 0.497 e. The summed E-state index contributed by atoms with van der Waals surface area (Å²) in [6.45, 7) is 8.12. The SMILES string of the molecule is CCCN1CCCC(c2nc(C)c3c(n2)N(Cc2ccc(OC)cc2)C(=O)CC3)C1. The number of hydrogen-bond donors (Lipinski definition) is 0. The van der Waals surface area contributed by atoms with E-state index in [-0.39, 0.29) is 5.91 Å². The van der Waals surface area contributed by atoms with E-state index in [1.165, 1.54) is 12.8 Å². The van der Waals surface area contributed by atoms with Gasteiger partial charge >= 0.3 is 0 Å². The number of methoxy groups -OCH3 is 1. The van der Waals surface area contributed by atoms with Crippen molar-refractivity contribution in [2.24, 2.45) is 0 Å². The van der Waals surface area contributed by atoms with Crippen molar-refractivity contribution in [1.29, 1.82) is 0 Å². The second-order valence-corrected chi connectivity index (χ2v) is 8.44. The molecule has 3 heterocycles. The first-order valence-corrected chi connectivity index (χ1v) is 11.1. The standard InChI is InChI=1S/C24H32N4O2/c1-4-13-27-14-5-6-19(16-27)23-25-17(2)21-11-12-22(29)28(24(21)26-23)15-18-7-9-20(30-3)10-8-18/h7-10,19H,4-6,11-16H2,1-3H3. The molecule has 4 rings (SSSR count). The van der Waals surface area contributed by atoms with Gasteiger partial charge in [-0.15, -0.1) is 0 Å². The van der Waals surface area contributed by atoms with Crippen LogP contribution in [0.4, 0.5) is 5.82 Å². The lowest BCUT2D eigenvalue weighted by molar-refractivity contribution is -0.119. The summed E-state index contributed by atoms with van der Waals surface area (Å²) in [5.41, 5.74) is 3.21. The topological polar surface area (TPSA) is 58.6 Å². The van der Waals surface area contributed by atoms with E-state index in [0.717, 1.165) is 66.7 Å². The maximum absolute atomic E-state index is 12.9. The van der Waals surface area contributed by atoms with E-state index in [1.807, 2.05) is 29.2 Å². The first kappa shape index (κ1) is 20.8. The summed E-state index contributed by atoms with van der Waals surface area (Å²) in [6.07, 6.45) is 4.71. The van der Waals surface area contributed by atoms with Gasteiger partial charge in [0.1, 0.15) is 17.4 Å². The van der Waals surface area contributed by atoms with Crippen molar-refractivity contribution < 1.29 is 9.53 Å². The van der Waals surface area contributed by atoms with Crippen molar-refractivity contribution in [2.45, 2.75) is 58.4 Å². The van der Waals surface area contributed by atoms with Crippen molar-refractivity contribution in [2.75, 3.05) is 31.6 Å². The van der Waals surface area contributed by atoms with E-state index in [4.69, 9.17) is 14.7 Å². The minimum absolute atomic E-state index is 0.138. The average molecular weight is 409 g/mol. The summed E-state index contributed by atoms with van der Waals surface area (Å²) in [4.78, 5) is 27.1. The molecule has 0 bridgehead atoms. The normalized spacial score (nSPS) is 19.6. The fourth-order valence-corrected chi connectivity index (χ4v) is 4.65. The third kappa shape index (κ3) is 4.33. The number of amides is 1. The summed E-state index contributed by atoms with van der Waals surface area (Å²) in [6, 6.07) is 7.90. The van der Waals surface area contributed by atoms with Crippen LogP contribution in [0.25, 0.3) is 0 Å². The number of piperidine rings is 1. The molecule has 2 aliphatic heterocycles. The van der Waals surface area contributed by atoms with Gasteiger partial charge in [0.25, 0.3) is 0 Å². The first-order valence-electron chi connectivity index (χ1n) is 11.1. The van der Waals surface area contributed by atoms with Gasteiger partial charge in [-0.25, -0.2) is 9.97 Å². The van der Waals surface area contributed by atoms with E-state index in [0.29, 0.717) is 18.9 Å². The van der Waals surface area contributed by atoms with E-state index >= 15 is 0 Å². The number of benzene rings is 1. The molecule has 1 unspecified atom stereocenters. The van der Waals surface area contributed by atoms with Crippen LogP contribution in [0.15, 0.2) is 24.3 Å². The minimum Gasteiger partial charge on any atom is -0.497 e. The molecule has 0 N–H and O–H groups in total. The van der Waals surface area contributed by atoms with E-state index in [9.17, 15) is 4.79 Å². The van der Waals surface area contributed by atoms with Crippen molar-refractivity contribution in [3.63, 3.8) is 0 Å². The van der Waals surface area contributed by atoms with Crippen LogP contribution in [0.3, 0.4) is 0 Å². The number of likely N-dealkylation sites (tertiary alicyclic amines) is 1. The lowest BCUT2D eigenvalue weighted by atomic mass is 9.95. The predicted molar refractivity (Wildman–Crippen MR) is 118 cm³/mol. The molecule has 0 radical (unpaired) electrons. The molecule has 2 aromatic rings. The Labute approximate surface area is 179 Å². The quantitative estimate of drug-likeness (QED) is 0.726. The Morgan fingerprint density at radius 2 is 1.97 bits per heavy atom. The Morgan fingerprint density at radius 3 is 2.70 bits per heavy atom. The van der Waals surface area contributed by atoms with Crippen molar-refractivity contribution in [3.05, 3.63) is 46.9 Å². The number of anilines is 1. The van der Waals surface area contributed by atoms with Gasteiger partial charge in [-0.3, -0.25) is 9.69 Å². The van der Waals surface area contributed by atoms with Crippen LogP contribution in [0.1, 0.15) is 61.2 Å². The highest BCUT2D eigenvalue weighted by Crippen LogP contribution is 2.33. The number of fused-ring (bicyclic) bond motifs is 1. The zero-order chi connectivity index (χ0) is 21.1. The molecule has 1 aromatic heterocycles. The fraction of sp³-hybridized carbons (Fsp3) is 0.542. The molecule has 1 fully saturated rings. The molecule has 30 heavy (non-hydrogen) atoms. The van der Waals surface area contributed by atoms with Gasteiger partial charge in [-0.2, -0.15) is 0 Å². The highest BCUT2D eigenvalue weighted by molar-refractivity contribution is 5.95. The number of carbonyl (C=O) groups excluding carboxylic acids is 1.